The zero-order valence-corrected chi connectivity index (χ0v) is 10.3. The van der Waals surface area contributed by atoms with E-state index >= 15 is 0 Å². The lowest BCUT2D eigenvalue weighted by Crippen LogP contribution is -2.27. The Balaban J connectivity index is 2.65. The molecule has 0 saturated carbocycles. The van der Waals surface area contributed by atoms with Gasteiger partial charge in [-0.05, 0) is 23.6 Å². The molecule has 3 nitrogen and oxygen atoms in total. The van der Waals surface area contributed by atoms with Crippen LogP contribution in [0.25, 0.3) is 10.6 Å². The van der Waals surface area contributed by atoms with Crippen LogP contribution in [0.4, 0.5) is 0 Å². The van der Waals surface area contributed by atoms with E-state index in [1.54, 1.807) is 29.0 Å². The third-order valence-electron chi connectivity index (χ3n) is 2.34. The Kier molecular flexibility index (Phi) is 2.89. The van der Waals surface area contributed by atoms with Gasteiger partial charge in [0.2, 0.25) is 0 Å². The van der Waals surface area contributed by atoms with Crippen LogP contribution in [-0.4, -0.2) is 9.56 Å². The summed E-state index contributed by atoms with van der Waals surface area (Å²) in [4.78, 5) is 13.1. The van der Waals surface area contributed by atoms with Crippen LogP contribution < -0.4 is 11.3 Å². The number of pyridine rings is 1. The van der Waals surface area contributed by atoms with Gasteiger partial charge in [-0.2, -0.15) is 0 Å². The van der Waals surface area contributed by atoms with Crippen LogP contribution in [-0.2, 0) is 7.05 Å². The van der Waals surface area contributed by atoms with E-state index in [0.29, 0.717) is 5.56 Å². The summed E-state index contributed by atoms with van der Waals surface area (Å²) in [5, 5.41) is 1.97. The summed E-state index contributed by atoms with van der Waals surface area (Å²) in [6.07, 6.45) is 0. The average molecular weight is 250 g/mol. The van der Waals surface area contributed by atoms with Crippen molar-refractivity contribution in [3.8, 4) is 10.6 Å². The molecule has 0 radical (unpaired) electrons. The van der Waals surface area contributed by atoms with Crippen LogP contribution in [0.5, 0.6) is 0 Å². The predicted octanol–water partition coefficient (Wildman–Crippen LogP) is 1.75. The van der Waals surface area contributed by atoms with Gasteiger partial charge in [0.1, 0.15) is 4.99 Å². The number of aromatic nitrogens is 1. The maximum absolute atomic E-state index is 11.9. The lowest BCUT2D eigenvalue weighted by molar-refractivity contribution is 0.870. The highest BCUT2D eigenvalue weighted by atomic mass is 32.1. The Bertz CT molecular complexity index is 585. The van der Waals surface area contributed by atoms with E-state index in [9.17, 15) is 4.79 Å². The third-order valence-corrected chi connectivity index (χ3v) is 3.46. The van der Waals surface area contributed by atoms with Crippen LogP contribution in [0.15, 0.2) is 34.4 Å². The van der Waals surface area contributed by atoms with Crippen molar-refractivity contribution in [1.82, 2.24) is 4.57 Å². The Hall–Kier alpha value is -1.46. The van der Waals surface area contributed by atoms with Crippen molar-refractivity contribution >= 4 is 28.5 Å². The van der Waals surface area contributed by atoms with Gasteiger partial charge in [0.05, 0.1) is 16.1 Å². The SMILES string of the molecule is Cn1c(-c2cccs2)ccc(C(N)=S)c1=O. The maximum Gasteiger partial charge on any atom is 0.261 e. The van der Waals surface area contributed by atoms with Crippen molar-refractivity contribution in [3.63, 3.8) is 0 Å². The van der Waals surface area contributed by atoms with E-state index in [2.05, 4.69) is 0 Å². The molecule has 0 saturated heterocycles. The molecule has 82 valence electrons. The van der Waals surface area contributed by atoms with Gasteiger partial charge in [0.15, 0.2) is 0 Å². The molecule has 0 aliphatic carbocycles. The molecule has 0 aliphatic rings. The molecule has 0 aliphatic heterocycles. The summed E-state index contributed by atoms with van der Waals surface area (Å²) in [6, 6.07) is 7.47. The van der Waals surface area contributed by atoms with Gasteiger partial charge in [0.25, 0.3) is 5.56 Å². The fourth-order valence-electron chi connectivity index (χ4n) is 1.49. The minimum Gasteiger partial charge on any atom is -0.389 e. The largest absolute Gasteiger partial charge is 0.389 e. The molecule has 0 atom stereocenters. The Morgan fingerprint density at radius 2 is 2.19 bits per heavy atom. The Morgan fingerprint density at radius 1 is 1.44 bits per heavy atom. The Labute approximate surface area is 102 Å². The van der Waals surface area contributed by atoms with Crippen LogP contribution in [0, 0.1) is 0 Å². The minimum absolute atomic E-state index is 0.137. The molecule has 2 rings (SSSR count). The van der Waals surface area contributed by atoms with E-state index in [-0.39, 0.29) is 10.5 Å². The van der Waals surface area contributed by atoms with Gasteiger partial charge in [-0.15, -0.1) is 11.3 Å². The molecule has 5 heteroatoms. The van der Waals surface area contributed by atoms with Gasteiger partial charge in [0, 0.05) is 7.05 Å². The third kappa shape index (κ3) is 1.79. The monoisotopic (exact) mass is 250 g/mol. The molecule has 0 spiro atoms. The molecule has 2 aromatic rings. The first-order valence-electron chi connectivity index (χ1n) is 4.65. The highest BCUT2D eigenvalue weighted by molar-refractivity contribution is 7.80. The quantitative estimate of drug-likeness (QED) is 0.826. The number of nitrogens with zero attached hydrogens (tertiary/aromatic N) is 1. The first-order valence-corrected chi connectivity index (χ1v) is 5.94. The highest BCUT2D eigenvalue weighted by Crippen LogP contribution is 2.22. The standard InChI is InChI=1S/C11H10N2OS2/c1-13-8(9-3-2-6-16-9)5-4-7(10(12)15)11(13)14/h2-6H,1H3,(H2,12,15). The summed E-state index contributed by atoms with van der Waals surface area (Å²) < 4.78 is 1.57. The summed E-state index contributed by atoms with van der Waals surface area (Å²) in [5.74, 6) is 0. The number of hydrogen-bond acceptors (Lipinski definition) is 3. The van der Waals surface area contributed by atoms with Crippen molar-refractivity contribution in [2.75, 3.05) is 0 Å². The summed E-state index contributed by atoms with van der Waals surface area (Å²) in [5.41, 5.74) is 6.58. The molecule has 0 fully saturated rings. The van der Waals surface area contributed by atoms with Gasteiger partial charge < -0.3 is 10.3 Å². The van der Waals surface area contributed by atoms with E-state index in [1.807, 2.05) is 23.6 Å². The average Bonchev–Trinajstić information content (AvgIpc) is 2.74. The summed E-state index contributed by atoms with van der Waals surface area (Å²) in [7, 11) is 1.72. The molecule has 2 aromatic heterocycles. The number of hydrogen-bond donors (Lipinski definition) is 1. The second-order valence-corrected chi connectivity index (χ2v) is 4.73. The first kappa shape index (κ1) is 11.0. The maximum atomic E-state index is 11.9. The molecular formula is C11H10N2OS2. The van der Waals surface area contributed by atoms with Crippen molar-refractivity contribution in [2.45, 2.75) is 0 Å². The zero-order valence-electron chi connectivity index (χ0n) is 8.64. The molecule has 0 bridgehead atoms. The smallest absolute Gasteiger partial charge is 0.261 e. The molecule has 0 amide bonds. The van der Waals surface area contributed by atoms with E-state index < -0.39 is 0 Å². The van der Waals surface area contributed by atoms with Gasteiger partial charge in [-0.1, -0.05) is 18.3 Å². The van der Waals surface area contributed by atoms with Crippen LogP contribution in [0.2, 0.25) is 0 Å². The first-order chi connectivity index (χ1) is 7.61. The number of rotatable bonds is 2. The van der Waals surface area contributed by atoms with Crippen LogP contribution >= 0.6 is 23.6 Å². The van der Waals surface area contributed by atoms with Crippen molar-refractivity contribution in [3.05, 3.63) is 45.6 Å². The van der Waals surface area contributed by atoms with Crippen LogP contribution in [0.3, 0.4) is 0 Å². The molecule has 0 aromatic carbocycles. The lowest BCUT2D eigenvalue weighted by Gasteiger charge is -2.07. The highest BCUT2D eigenvalue weighted by Gasteiger charge is 2.09. The van der Waals surface area contributed by atoms with E-state index in [1.165, 1.54) is 0 Å². The summed E-state index contributed by atoms with van der Waals surface area (Å²) >= 11 is 6.41. The lowest BCUT2D eigenvalue weighted by atomic mass is 10.2. The molecule has 0 unspecified atom stereocenters. The molecule has 2 N–H and O–H groups in total. The number of thiocarbonyl (C=S) groups is 1. The Morgan fingerprint density at radius 3 is 2.75 bits per heavy atom. The number of thiophene rings is 1. The fraction of sp³-hybridized carbons (Fsp3) is 0.0909. The van der Waals surface area contributed by atoms with Gasteiger partial charge >= 0.3 is 0 Å². The minimum atomic E-state index is -0.154. The summed E-state index contributed by atoms with van der Waals surface area (Å²) in [6.45, 7) is 0. The molecular weight excluding hydrogens is 240 g/mol. The van der Waals surface area contributed by atoms with E-state index in [0.717, 1.165) is 10.6 Å². The predicted molar refractivity (Wildman–Crippen MR) is 70.9 cm³/mol. The van der Waals surface area contributed by atoms with Crippen LogP contribution in [0.1, 0.15) is 5.56 Å². The normalized spacial score (nSPS) is 10.3. The second-order valence-electron chi connectivity index (χ2n) is 3.34. The second kappa shape index (κ2) is 4.19. The van der Waals surface area contributed by atoms with E-state index in [4.69, 9.17) is 18.0 Å². The van der Waals surface area contributed by atoms with Crippen molar-refractivity contribution in [2.24, 2.45) is 12.8 Å². The van der Waals surface area contributed by atoms with Gasteiger partial charge in [-0.3, -0.25) is 4.79 Å². The fourth-order valence-corrected chi connectivity index (χ4v) is 2.44. The van der Waals surface area contributed by atoms with Crippen molar-refractivity contribution in [1.29, 1.82) is 0 Å². The van der Waals surface area contributed by atoms with Crippen molar-refractivity contribution < 1.29 is 0 Å². The number of nitrogens with two attached hydrogens (primary N) is 1. The topological polar surface area (TPSA) is 48.0 Å². The zero-order chi connectivity index (χ0) is 11.7. The molecule has 2 heterocycles. The van der Waals surface area contributed by atoms with Gasteiger partial charge in [-0.25, -0.2) is 0 Å². The molecule has 16 heavy (non-hydrogen) atoms.